The highest BCUT2D eigenvalue weighted by molar-refractivity contribution is 6.74. The minimum absolute atomic E-state index is 0.00112. The molecule has 1 atom stereocenters. The van der Waals surface area contributed by atoms with E-state index in [-0.39, 0.29) is 17.4 Å². The molecule has 0 radical (unpaired) electrons. The van der Waals surface area contributed by atoms with E-state index in [9.17, 15) is 4.79 Å². The van der Waals surface area contributed by atoms with Gasteiger partial charge >= 0.3 is 0 Å². The predicted molar refractivity (Wildman–Crippen MR) is 64.5 cm³/mol. The average Bonchev–Trinajstić information content (AvgIpc) is 2.00. The molecule has 3 nitrogen and oxygen atoms in total. The second-order valence-electron chi connectivity index (χ2n) is 5.49. The Morgan fingerprint density at radius 1 is 1.40 bits per heavy atom. The van der Waals surface area contributed by atoms with Crippen molar-refractivity contribution in [2.24, 2.45) is 0 Å². The third kappa shape index (κ3) is 4.45. The highest BCUT2D eigenvalue weighted by atomic mass is 28.4. The van der Waals surface area contributed by atoms with Gasteiger partial charge in [-0.15, -0.1) is 0 Å². The summed E-state index contributed by atoms with van der Waals surface area (Å²) in [7, 11) is -1.90. The van der Waals surface area contributed by atoms with Gasteiger partial charge < -0.3 is 9.53 Å². The molecule has 1 N–H and O–H groups in total. The van der Waals surface area contributed by atoms with Crippen LogP contribution in [0.25, 0.3) is 0 Å². The zero-order chi connectivity index (χ0) is 12.3. The minimum Gasteiger partial charge on any atom is -0.407 e. The Labute approximate surface area is 94.0 Å². The normalized spacial score (nSPS) is 15.1. The van der Waals surface area contributed by atoms with Crippen LogP contribution in [0.2, 0.25) is 18.1 Å². The lowest BCUT2D eigenvalue weighted by Gasteiger charge is -2.38. The van der Waals surface area contributed by atoms with Crippen molar-refractivity contribution in [1.82, 2.24) is 0 Å². The quantitative estimate of drug-likeness (QED) is 0.740. The minimum atomic E-state index is -1.90. The molecule has 15 heavy (non-hydrogen) atoms. The standard InChI is InChI=1S/C11H24O3Si/c1-9(13)10(7-8-12)14-15(5,6)11(2,3)4/h10,12H,7-8H2,1-6H3. The van der Waals surface area contributed by atoms with E-state index < -0.39 is 14.4 Å². The van der Waals surface area contributed by atoms with Gasteiger partial charge in [0.25, 0.3) is 0 Å². The molecule has 0 aromatic carbocycles. The Morgan fingerprint density at radius 2 is 1.87 bits per heavy atom. The van der Waals surface area contributed by atoms with Crippen molar-refractivity contribution in [2.45, 2.75) is 58.4 Å². The van der Waals surface area contributed by atoms with E-state index in [0.29, 0.717) is 6.42 Å². The molecule has 4 heteroatoms. The van der Waals surface area contributed by atoms with Crippen LogP contribution in [0.5, 0.6) is 0 Å². The van der Waals surface area contributed by atoms with Gasteiger partial charge in [0.15, 0.2) is 14.1 Å². The Kier molecular flexibility index (Phi) is 5.16. The van der Waals surface area contributed by atoms with Gasteiger partial charge in [0.2, 0.25) is 0 Å². The average molecular weight is 232 g/mol. The van der Waals surface area contributed by atoms with E-state index in [4.69, 9.17) is 9.53 Å². The maximum atomic E-state index is 11.3. The van der Waals surface area contributed by atoms with Crippen LogP contribution >= 0.6 is 0 Å². The van der Waals surface area contributed by atoms with E-state index in [0.717, 1.165) is 0 Å². The van der Waals surface area contributed by atoms with E-state index in [1.807, 2.05) is 0 Å². The van der Waals surface area contributed by atoms with Crippen LogP contribution in [-0.2, 0) is 9.22 Å². The SMILES string of the molecule is CC(=O)C(CCO)O[Si](C)(C)C(C)(C)C. The summed E-state index contributed by atoms with van der Waals surface area (Å²) < 4.78 is 5.93. The molecule has 0 heterocycles. The largest absolute Gasteiger partial charge is 0.407 e. The van der Waals surface area contributed by atoms with Gasteiger partial charge in [-0.1, -0.05) is 20.8 Å². The smallest absolute Gasteiger partial charge is 0.193 e. The van der Waals surface area contributed by atoms with Gasteiger partial charge in [0, 0.05) is 13.0 Å². The van der Waals surface area contributed by atoms with E-state index in [1.165, 1.54) is 6.92 Å². The molecule has 0 aromatic rings. The first kappa shape index (κ1) is 14.8. The number of hydrogen-bond donors (Lipinski definition) is 1. The molecule has 0 rings (SSSR count). The summed E-state index contributed by atoms with van der Waals surface area (Å²) in [5.41, 5.74) is 0. The van der Waals surface area contributed by atoms with Crippen LogP contribution in [0.1, 0.15) is 34.1 Å². The Morgan fingerprint density at radius 3 is 2.13 bits per heavy atom. The van der Waals surface area contributed by atoms with Crippen molar-refractivity contribution in [1.29, 1.82) is 0 Å². The summed E-state index contributed by atoms with van der Waals surface area (Å²) in [6, 6.07) is 0. The number of aliphatic hydroxyl groups is 1. The molecule has 0 amide bonds. The summed E-state index contributed by atoms with van der Waals surface area (Å²) in [4.78, 5) is 11.3. The number of rotatable bonds is 5. The fraction of sp³-hybridized carbons (Fsp3) is 0.909. The van der Waals surface area contributed by atoms with Crippen LogP contribution in [0.15, 0.2) is 0 Å². The van der Waals surface area contributed by atoms with E-state index in [2.05, 4.69) is 33.9 Å². The monoisotopic (exact) mass is 232 g/mol. The molecule has 0 saturated heterocycles. The van der Waals surface area contributed by atoms with E-state index >= 15 is 0 Å². The molecule has 0 aromatic heterocycles. The first-order chi connectivity index (χ1) is 6.62. The second kappa shape index (κ2) is 5.23. The maximum absolute atomic E-state index is 11.3. The van der Waals surface area contributed by atoms with Crippen LogP contribution in [0.4, 0.5) is 0 Å². The Hall–Kier alpha value is -0.193. The van der Waals surface area contributed by atoms with Gasteiger partial charge in [-0.25, -0.2) is 0 Å². The lowest BCUT2D eigenvalue weighted by atomic mass is 10.2. The molecule has 0 aliphatic carbocycles. The summed E-state index contributed by atoms with van der Waals surface area (Å²) in [6.07, 6.45) is -0.0298. The number of ketones is 1. The first-order valence-electron chi connectivity index (χ1n) is 5.41. The first-order valence-corrected chi connectivity index (χ1v) is 8.32. The zero-order valence-electron chi connectivity index (χ0n) is 10.8. The molecule has 0 bridgehead atoms. The number of Topliss-reactive ketones (excluding diaryl/α,β-unsaturated/α-hetero) is 1. The molecule has 0 spiro atoms. The molecule has 0 aliphatic heterocycles. The number of aliphatic hydroxyl groups excluding tert-OH is 1. The molecule has 1 unspecified atom stereocenters. The molecule has 0 saturated carbocycles. The number of carbonyl (C=O) groups is 1. The maximum Gasteiger partial charge on any atom is 0.193 e. The van der Waals surface area contributed by atoms with Crippen molar-refractivity contribution in [3.8, 4) is 0 Å². The summed E-state index contributed by atoms with van der Waals surface area (Å²) in [5.74, 6) is 0.00822. The highest BCUT2D eigenvalue weighted by Gasteiger charge is 2.39. The van der Waals surface area contributed by atoms with Gasteiger partial charge in [0.1, 0.15) is 6.10 Å². The van der Waals surface area contributed by atoms with Crippen molar-refractivity contribution in [3.05, 3.63) is 0 Å². The number of carbonyl (C=O) groups excluding carboxylic acids is 1. The molecule has 0 aliphatic rings. The van der Waals surface area contributed by atoms with Gasteiger partial charge in [-0.05, 0) is 25.1 Å². The molecule has 90 valence electrons. The summed E-state index contributed by atoms with van der Waals surface area (Å²) in [5, 5.41) is 8.96. The lowest BCUT2D eigenvalue weighted by molar-refractivity contribution is -0.124. The summed E-state index contributed by atoms with van der Waals surface area (Å²) >= 11 is 0. The van der Waals surface area contributed by atoms with Crippen LogP contribution in [0, 0.1) is 0 Å². The van der Waals surface area contributed by atoms with Gasteiger partial charge in [0.05, 0.1) is 0 Å². The van der Waals surface area contributed by atoms with Crippen molar-refractivity contribution >= 4 is 14.1 Å². The number of hydrogen-bond acceptors (Lipinski definition) is 3. The Bertz CT molecular complexity index is 218. The third-order valence-electron chi connectivity index (χ3n) is 3.09. The molecule has 0 fully saturated rings. The van der Waals surface area contributed by atoms with Crippen molar-refractivity contribution < 1.29 is 14.3 Å². The van der Waals surface area contributed by atoms with Crippen molar-refractivity contribution in [3.63, 3.8) is 0 Å². The lowest BCUT2D eigenvalue weighted by Crippen LogP contribution is -2.45. The van der Waals surface area contributed by atoms with Crippen LogP contribution in [-0.4, -0.2) is 31.9 Å². The third-order valence-corrected chi connectivity index (χ3v) is 7.57. The predicted octanol–water partition coefficient (Wildman–Crippen LogP) is 2.35. The topological polar surface area (TPSA) is 46.5 Å². The highest BCUT2D eigenvalue weighted by Crippen LogP contribution is 2.37. The zero-order valence-corrected chi connectivity index (χ0v) is 11.8. The van der Waals surface area contributed by atoms with Crippen LogP contribution in [0.3, 0.4) is 0 Å². The fourth-order valence-corrected chi connectivity index (χ4v) is 2.34. The molecular weight excluding hydrogens is 208 g/mol. The van der Waals surface area contributed by atoms with Gasteiger partial charge in [-0.2, -0.15) is 0 Å². The van der Waals surface area contributed by atoms with Crippen LogP contribution < -0.4 is 0 Å². The van der Waals surface area contributed by atoms with Crippen molar-refractivity contribution in [2.75, 3.05) is 6.61 Å². The fourth-order valence-electron chi connectivity index (χ4n) is 0.995. The molecular formula is C11H24O3Si. The second-order valence-corrected chi connectivity index (χ2v) is 10.2. The Balaban J connectivity index is 4.59. The summed E-state index contributed by atoms with van der Waals surface area (Å²) in [6.45, 7) is 12.1. The van der Waals surface area contributed by atoms with Gasteiger partial charge in [-0.3, -0.25) is 4.79 Å². The van der Waals surface area contributed by atoms with E-state index in [1.54, 1.807) is 0 Å².